The Morgan fingerprint density at radius 2 is 2.00 bits per heavy atom. The fraction of sp³-hybridized carbons (Fsp3) is 0.333. The lowest BCUT2D eigenvalue weighted by Crippen LogP contribution is -2.34. The first-order valence-corrected chi connectivity index (χ1v) is 5.68. The van der Waals surface area contributed by atoms with Crippen molar-refractivity contribution in [3.05, 3.63) is 28.8 Å². The maximum atomic E-state index is 11.8. The molecule has 0 spiro atoms. The Kier molecular flexibility index (Phi) is 4.55. The Labute approximate surface area is 110 Å². The van der Waals surface area contributed by atoms with Gasteiger partial charge in [-0.1, -0.05) is 11.6 Å². The minimum atomic E-state index is -0.843. The van der Waals surface area contributed by atoms with E-state index in [9.17, 15) is 9.59 Å². The first-order chi connectivity index (χ1) is 8.32. The number of nitrogens with two attached hydrogens (primary N) is 1. The smallest absolute Gasteiger partial charge is 0.338 e. The third-order valence-corrected chi connectivity index (χ3v) is 2.65. The van der Waals surface area contributed by atoms with Crippen LogP contribution >= 0.6 is 11.6 Å². The molecule has 0 unspecified atom stereocenters. The van der Waals surface area contributed by atoms with Gasteiger partial charge in [-0.25, -0.2) is 4.79 Å². The Balaban J connectivity index is 2.76. The summed E-state index contributed by atoms with van der Waals surface area (Å²) in [6.07, 6.45) is -0.843. The second-order valence-corrected chi connectivity index (χ2v) is 4.42. The first-order valence-electron chi connectivity index (χ1n) is 5.30. The molecule has 0 aliphatic carbocycles. The summed E-state index contributed by atoms with van der Waals surface area (Å²) in [5.74, 6) is -0.897. The Hall–Kier alpha value is -1.75. The van der Waals surface area contributed by atoms with Crippen LogP contribution in [0.5, 0.6) is 0 Å². The van der Waals surface area contributed by atoms with E-state index in [1.807, 2.05) is 0 Å². The van der Waals surface area contributed by atoms with E-state index in [4.69, 9.17) is 22.1 Å². The third-order valence-electron chi connectivity index (χ3n) is 2.30. The number of hydrogen-bond donors (Lipinski definition) is 1. The van der Waals surface area contributed by atoms with Crippen LogP contribution in [-0.2, 0) is 9.53 Å². The van der Waals surface area contributed by atoms with E-state index in [2.05, 4.69) is 0 Å². The van der Waals surface area contributed by atoms with E-state index in [-0.39, 0.29) is 17.2 Å². The molecule has 2 N–H and O–H groups in total. The Bertz CT molecular complexity index is 474. The molecular weight excluding hydrogens is 256 g/mol. The van der Waals surface area contributed by atoms with Crippen LogP contribution < -0.4 is 5.73 Å². The molecule has 0 aliphatic rings. The van der Waals surface area contributed by atoms with Gasteiger partial charge >= 0.3 is 5.97 Å². The Morgan fingerprint density at radius 1 is 1.39 bits per heavy atom. The molecule has 0 radical (unpaired) electrons. The summed E-state index contributed by atoms with van der Waals surface area (Å²) < 4.78 is 5.03. The zero-order valence-corrected chi connectivity index (χ0v) is 11.2. The molecule has 0 heterocycles. The molecule has 0 fully saturated rings. The highest BCUT2D eigenvalue weighted by Crippen LogP contribution is 2.20. The average molecular weight is 271 g/mol. The molecule has 1 aromatic rings. The zero-order valence-electron chi connectivity index (χ0n) is 10.4. The fourth-order valence-electron chi connectivity index (χ4n) is 1.31. The summed E-state index contributed by atoms with van der Waals surface area (Å²) in [6, 6.07) is 4.41. The van der Waals surface area contributed by atoms with E-state index in [0.29, 0.717) is 5.02 Å². The van der Waals surface area contributed by atoms with Crippen LogP contribution in [0.1, 0.15) is 17.3 Å². The van der Waals surface area contributed by atoms with Gasteiger partial charge in [0.05, 0.1) is 16.3 Å². The van der Waals surface area contributed by atoms with Crippen molar-refractivity contribution in [1.29, 1.82) is 0 Å². The lowest BCUT2D eigenvalue weighted by Gasteiger charge is -2.17. The number of amides is 1. The number of hydrogen-bond acceptors (Lipinski definition) is 4. The van der Waals surface area contributed by atoms with Crippen molar-refractivity contribution >= 4 is 29.2 Å². The lowest BCUT2D eigenvalue weighted by atomic mass is 10.2. The van der Waals surface area contributed by atoms with E-state index in [0.717, 1.165) is 0 Å². The molecule has 1 atom stereocenters. The third kappa shape index (κ3) is 3.37. The maximum Gasteiger partial charge on any atom is 0.338 e. The molecule has 0 aliphatic heterocycles. The molecule has 1 amide bonds. The van der Waals surface area contributed by atoms with Crippen molar-refractivity contribution in [2.24, 2.45) is 0 Å². The summed E-state index contributed by atoms with van der Waals surface area (Å²) in [5.41, 5.74) is 6.13. The molecule has 0 saturated heterocycles. The van der Waals surface area contributed by atoms with Crippen LogP contribution in [0, 0.1) is 0 Å². The van der Waals surface area contributed by atoms with E-state index < -0.39 is 12.1 Å². The molecule has 1 rings (SSSR count). The first kappa shape index (κ1) is 14.3. The number of carbonyl (C=O) groups is 2. The standard InChI is InChI=1S/C12H15ClN2O3/c1-7(11(16)15(2)3)18-12(17)8-4-5-9(13)10(14)6-8/h4-7H,14H2,1-3H3/t7-/m0/s1. The summed E-state index contributed by atoms with van der Waals surface area (Å²) in [4.78, 5) is 24.6. The van der Waals surface area contributed by atoms with Crippen LogP contribution in [0.3, 0.4) is 0 Å². The fourth-order valence-corrected chi connectivity index (χ4v) is 1.43. The molecule has 0 saturated carbocycles. The quantitative estimate of drug-likeness (QED) is 0.668. The van der Waals surface area contributed by atoms with Crippen LogP contribution in [0.15, 0.2) is 18.2 Å². The maximum absolute atomic E-state index is 11.8. The molecular formula is C12H15ClN2O3. The van der Waals surface area contributed by atoms with Gasteiger partial charge in [0.1, 0.15) is 0 Å². The predicted octanol–water partition coefficient (Wildman–Crippen LogP) is 1.56. The van der Waals surface area contributed by atoms with Crippen molar-refractivity contribution < 1.29 is 14.3 Å². The summed E-state index contributed by atoms with van der Waals surface area (Å²) >= 11 is 5.75. The Morgan fingerprint density at radius 3 is 2.50 bits per heavy atom. The minimum absolute atomic E-state index is 0.260. The number of esters is 1. The van der Waals surface area contributed by atoms with E-state index in [1.165, 1.54) is 30.0 Å². The number of halogens is 1. The molecule has 5 nitrogen and oxygen atoms in total. The van der Waals surface area contributed by atoms with Gasteiger partial charge in [-0.05, 0) is 25.1 Å². The highest BCUT2D eigenvalue weighted by Gasteiger charge is 2.20. The summed E-state index contributed by atoms with van der Waals surface area (Å²) in [5, 5.41) is 0.365. The van der Waals surface area contributed by atoms with Gasteiger partial charge in [-0.15, -0.1) is 0 Å². The minimum Gasteiger partial charge on any atom is -0.449 e. The van der Waals surface area contributed by atoms with Gasteiger partial charge in [0.25, 0.3) is 5.91 Å². The number of likely N-dealkylation sites (N-methyl/N-ethyl adjacent to an activating group) is 1. The van der Waals surface area contributed by atoms with Gasteiger partial charge in [-0.2, -0.15) is 0 Å². The van der Waals surface area contributed by atoms with Gasteiger partial charge in [-0.3, -0.25) is 4.79 Å². The number of ether oxygens (including phenoxy) is 1. The number of benzene rings is 1. The van der Waals surface area contributed by atoms with Crippen molar-refractivity contribution in [3.63, 3.8) is 0 Å². The molecule has 98 valence electrons. The largest absolute Gasteiger partial charge is 0.449 e. The van der Waals surface area contributed by atoms with Gasteiger partial charge < -0.3 is 15.4 Å². The number of rotatable bonds is 3. The normalized spacial score (nSPS) is 11.8. The van der Waals surface area contributed by atoms with Gasteiger partial charge in [0, 0.05) is 14.1 Å². The topological polar surface area (TPSA) is 72.6 Å². The van der Waals surface area contributed by atoms with Gasteiger partial charge in [0.2, 0.25) is 0 Å². The van der Waals surface area contributed by atoms with Crippen molar-refractivity contribution in [2.45, 2.75) is 13.0 Å². The van der Waals surface area contributed by atoms with Crippen molar-refractivity contribution in [1.82, 2.24) is 4.90 Å². The molecule has 0 bridgehead atoms. The summed E-state index contributed by atoms with van der Waals surface area (Å²) in [6.45, 7) is 1.51. The number of nitrogen functional groups attached to an aromatic ring is 1. The van der Waals surface area contributed by atoms with E-state index in [1.54, 1.807) is 14.1 Å². The molecule has 18 heavy (non-hydrogen) atoms. The van der Waals surface area contributed by atoms with Gasteiger partial charge in [0.15, 0.2) is 6.10 Å². The average Bonchev–Trinajstić information content (AvgIpc) is 2.31. The number of nitrogens with zero attached hydrogens (tertiary/aromatic N) is 1. The molecule has 6 heteroatoms. The molecule has 0 aromatic heterocycles. The number of anilines is 1. The summed E-state index contributed by atoms with van der Waals surface area (Å²) in [7, 11) is 3.18. The van der Waals surface area contributed by atoms with Crippen LogP contribution in [0.2, 0.25) is 5.02 Å². The SMILES string of the molecule is C[C@H](OC(=O)c1ccc(Cl)c(N)c1)C(=O)N(C)C. The van der Waals surface area contributed by atoms with E-state index >= 15 is 0 Å². The number of carbonyl (C=O) groups excluding carboxylic acids is 2. The second-order valence-electron chi connectivity index (χ2n) is 4.02. The predicted molar refractivity (Wildman–Crippen MR) is 69.4 cm³/mol. The van der Waals surface area contributed by atoms with Crippen LogP contribution in [0.4, 0.5) is 5.69 Å². The lowest BCUT2D eigenvalue weighted by molar-refractivity contribution is -0.137. The molecule has 1 aromatic carbocycles. The van der Waals surface area contributed by atoms with Crippen LogP contribution in [-0.4, -0.2) is 37.0 Å². The second kappa shape index (κ2) is 5.73. The van der Waals surface area contributed by atoms with Crippen molar-refractivity contribution in [2.75, 3.05) is 19.8 Å². The van der Waals surface area contributed by atoms with Crippen LogP contribution in [0.25, 0.3) is 0 Å². The highest BCUT2D eigenvalue weighted by molar-refractivity contribution is 6.33. The highest BCUT2D eigenvalue weighted by atomic mass is 35.5. The monoisotopic (exact) mass is 270 g/mol. The zero-order chi connectivity index (χ0) is 13.9. The van der Waals surface area contributed by atoms with Crippen molar-refractivity contribution in [3.8, 4) is 0 Å².